The SMILES string of the molecule is Ic1ccc2c(c1)c1ccccc1n2-c1nccc2c1oc1ccccc12. The number of rotatable bonds is 1. The summed E-state index contributed by atoms with van der Waals surface area (Å²) >= 11 is 2.36. The van der Waals surface area contributed by atoms with Gasteiger partial charge in [0.15, 0.2) is 11.4 Å². The second-order valence-electron chi connectivity index (χ2n) is 6.62. The number of pyridine rings is 1. The Morgan fingerprint density at radius 3 is 2.44 bits per heavy atom. The number of fused-ring (bicyclic) bond motifs is 6. The summed E-state index contributed by atoms with van der Waals surface area (Å²) in [4.78, 5) is 4.73. The summed E-state index contributed by atoms with van der Waals surface area (Å²) in [6.07, 6.45) is 1.87. The topological polar surface area (TPSA) is 31.0 Å². The predicted octanol–water partition coefficient (Wildman–Crippen LogP) is 6.68. The van der Waals surface area contributed by atoms with Gasteiger partial charge in [0, 0.05) is 31.3 Å². The van der Waals surface area contributed by atoms with E-state index in [-0.39, 0.29) is 0 Å². The van der Waals surface area contributed by atoms with E-state index in [9.17, 15) is 0 Å². The van der Waals surface area contributed by atoms with Crippen molar-refractivity contribution in [2.75, 3.05) is 0 Å². The molecule has 0 amide bonds. The fourth-order valence-corrected chi connectivity index (χ4v) is 4.46. The minimum absolute atomic E-state index is 0.819. The van der Waals surface area contributed by atoms with Gasteiger partial charge in [0.05, 0.1) is 11.0 Å². The smallest absolute Gasteiger partial charge is 0.181 e. The van der Waals surface area contributed by atoms with Crippen LogP contribution in [0.2, 0.25) is 0 Å². The summed E-state index contributed by atoms with van der Waals surface area (Å²) in [5, 5.41) is 4.66. The molecule has 0 aliphatic rings. The van der Waals surface area contributed by atoms with Crippen LogP contribution in [0.5, 0.6) is 0 Å². The summed E-state index contributed by atoms with van der Waals surface area (Å²) < 4.78 is 9.68. The highest BCUT2D eigenvalue weighted by atomic mass is 127. The number of para-hydroxylation sites is 2. The van der Waals surface area contributed by atoms with E-state index in [0.717, 1.165) is 38.8 Å². The zero-order valence-electron chi connectivity index (χ0n) is 14.2. The molecule has 0 radical (unpaired) electrons. The summed E-state index contributed by atoms with van der Waals surface area (Å²) in [5.41, 5.74) is 3.98. The maximum atomic E-state index is 6.24. The predicted molar refractivity (Wildman–Crippen MR) is 119 cm³/mol. The molecule has 3 aromatic carbocycles. The first-order valence-electron chi connectivity index (χ1n) is 8.76. The number of halogens is 1. The average Bonchev–Trinajstić information content (AvgIpc) is 3.24. The van der Waals surface area contributed by atoms with Gasteiger partial charge in [0.1, 0.15) is 5.58 Å². The van der Waals surface area contributed by atoms with Crippen molar-refractivity contribution in [2.24, 2.45) is 0 Å². The number of benzene rings is 3. The van der Waals surface area contributed by atoms with Gasteiger partial charge in [-0.2, -0.15) is 0 Å². The monoisotopic (exact) mass is 460 g/mol. The molecule has 0 atom stereocenters. The minimum atomic E-state index is 0.819. The van der Waals surface area contributed by atoms with E-state index in [1.807, 2.05) is 30.5 Å². The van der Waals surface area contributed by atoms with Crippen LogP contribution in [0.3, 0.4) is 0 Å². The minimum Gasteiger partial charge on any atom is -0.452 e. The van der Waals surface area contributed by atoms with E-state index in [2.05, 4.69) is 75.7 Å². The number of hydrogen-bond donors (Lipinski definition) is 0. The second kappa shape index (κ2) is 5.57. The summed E-state index contributed by atoms with van der Waals surface area (Å²) in [6.45, 7) is 0. The van der Waals surface area contributed by atoms with Gasteiger partial charge in [-0.1, -0.05) is 36.4 Å². The molecule has 0 bridgehead atoms. The van der Waals surface area contributed by atoms with E-state index in [1.165, 1.54) is 14.3 Å². The number of furan rings is 1. The molecule has 0 saturated heterocycles. The molecule has 0 spiro atoms. The third-order valence-electron chi connectivity index (χ3n) is 5.12. The Morgan fingerprint density at radius 2 is 1.52 bits per heavy atom. The molecule has 0 aliphatic carbocycles. The fraction of sp³-hybridized carbons (Fsp3) is 0. The van der Waals surface area contributed by atoms with Crippen molar-refractivity contribution >= 4 is 66.3 Å². The van der Waals surface area contributed by atoms with Crippen molar-refractivity contribution < 1.29 is 4.42 Å². The van der Waals surface area contributed by atoms with Crippen molar-refractivity contribution in [3.8, 4) is 5.82 Å². The Bertz CT molecular complexity index is 1490. The Balaban J connectivity index is 1.83. The van der Waals surface area contributed by atoms with Gasteiger partial charge in [-0.15, -0.1) is 0 Å². The third kappa shape index (κ3) is 2.10. The molecule has 0 saturated carbocycles. The van der Waals surface area contributed by atoms with Crippen molar-refractivity contribution in [1.29, 1.82) is 0 Å². The van der Waals surface area contributed by atoms with E-state index < -0.39 is 0 Å². The molecule has 6 rings (SSSR count). The normalized spacial score (nSPS) is 11.9. The number of aromatic nitrogens is 2. The molecule has 3 nitrogen and oxygen atoms in total. The van der Waals surface area contributed by atoms with Crippen LogP contribution in [0.1, 0.15) is 0 Å². The molecule has 3 heterocycles. The molecule has 0 unspecified atom stereocenters. The lowest BCUT2D eigenvalue weighted by atomic mass is 10.2. The molecule has 4 heteroatoms. The van der Waals surface area contributed by atoms with Crippen molar-refractivity contribution in [3.05, 3.63) is 82.6 Å². The highest BCUT2D eigenvalue weighted by Gasteiger charge is 2.18. The van der Waals surface area contributed by atoms with Crippen LogP contribution in [-0.2, 0) is 0 Å². The molecular weight excluding hydrogens is 447 g/mol. The van der Waals surface area contributed by atoms with Gasteiger partial charge >= 0.3 is 0 Å². The quantitative estimate of drug-likeness (QED) is 0.256. The number of nitrogens with zero attached hydrogens (tertiary/aromatic N) is 2. The van der Waals surface area contributed by atoms with Crippen molar-refractivity contribution in [2.45, 2.75) is 0 Å². The van der Waals surface area contributed by atoms with E-state index >= 15 is 0 Å². The lowest BCUT2D eigenvalue weighted by molar-refractivity contribution is 0.663. The Kier molecular flexibility index (Phi) is 3.14. The van der Waals surface area contributed by atoms with Crippen molar-refractivity contribution in [3.63, 3.8) is 0 Å². The molecule has 3 aromatic heterocycles. The molecule has 0 fully saturated rings. The molecule has 128 valence electrons. The lowest BCUT2D eigenvalue weighted by Crippen LogP contribution is -1.97. The zero-order chi connectivity index (χ0) is 18.0. The fourth-order valence-electron chi connectivity index (χ4n) is 3.97. The first-order chi connectivity index (χ1) is 13.3. The highest BCUT2D eigenvalue weighted by molar-refractivity contribution is 14.1. The van der Waals surface area contributed by atoms with Crippen LogP contribution in [-0.4, -0.2) is 9.55 Å². The molecule has 0 aliphatic heterocycles. The molecule has 27 heavy (non-hydrogen) atoms. The van der Waals surface area contributed by atoms with Gasteiger partial charge in [-0.3, -0.25) is 4.57 Å². The summed E-state index contributed by atoms with van der Waals surface area (Å²) in [7, 11) is 0. The van der Waals surface area contributed by atoms with Gasteiger partial charge < -0.3 is 4.42 Å². The first kappa shape index (κ1) is 15.2. The Hall–Kier alpha value is -2.86. The van der Waals surface area contributed by atoms with Crippen LogP contribution in [0.4, 0.5) is 0 Å². The van der Waals surface area contributed by atoms with Crippen LogP contribution < -0.4 is 0 Å². The Morgan fingerprint density at radius 1 is 0.741 bits per heavy atom. The average molecular weight is 460 g/mol. The third-order valence-corrected chi connectivity index (χ3v) is 5.79. The van der Waals surface area contributed by atoms with E-state index in [4.69, 9.17) is 9.40 Å². The van der Waals surface area contributed by atoms with E-state index in [1.54, 1.807) is 0 Å². The lowest BCUT2D eigenvalue weighted by Gasteiger charge is -2.07. The molecule has 0 N–H and O–H groups in total. The highest BCUT2D eigenvalue weighted by Crippen LogP contribution is 2.37. The van der Waals surface area contributed by atoms with Gasteiger partial charge in [0.25, 0.3) is 0 Å². The van der Waals surface area contributed by atoms with Gasteiger partial charge in [0.2, 0.25) is 0 Å². The molecule has 6 aromatic rings. The second-order valence-corrected chi connectivity index (χ2v) is 7.87. The summed E-state index contributed by atoms with van der Waals surface area (Å²) in [6, 6.07) is 25.2. The Labute approximate surface area is 168 Å². The van der Waals surface area contributed by atoms with Gasteiger partial charge in [-0.25, -0.2) is 4.98 Å². The van der Waals surface area contributed by atoms with Crippen molar-refractivity contribution in [1.82, 2.24) is 9.55 Å². The van der Waals surface area contributed by atoms with Crippen LogP contribution >= 0.6 is 22.6 Å². The standard InChI is InChI=1S/C23H13IN2O/c24-14-9-10-20-18(13-14)15-5-1-3-7-19(15)26(20)23-22-17(11-12-25-23)16-6-2-4-8-21(16)27-22/h1-13H. The largest absolute Gasteiger partial charge is 0.452 e. The van der Waals surface area contributed by atoms with E-state index in [0.29, 0.717) is 0 Å². The first-order valence-corrected chi connectivity index (χ1v) is 9.84. The summed E-state index contributed by atoms with van der Waals surface area (Å²) in [5.74, 6) is 0.830. The zero-order valence-corrected chi connectivity index (χ0v) is 16.3. The molecular formula is C23H13IN2O. The van der Waals surface area contributed by atoms with Gasteiger partial charge in [-0.05, 0) is 59.0 Å². The maximum Gasteiger partial charge on any atom is 0.181 e. The number of hydrogen-bond acceptors (Lipinski definition) is 2. The van der Waals surface area contributed by atoms with Crippen LogP contribution in [0.15, 0.2) is 83.4 Å². The van der Waals surface area contributed by atoms with Crippen LogP contribution in [0.25, 0.3) is 49.6 Å². The maximum absolute atomic E-state index is 6.24. The van der Waals surface area contributed by atoms with Crippen LogP contribution in [0, 0.1) is 3.57 Å².